The van der Waals surface area contributed by atoms with Crippen LogP contribution in [0.3, 0.4) is 0 Å². The zero-order valence-corrected chi connectivity index (χ0v) is 16.6. The monoisotopic (exact) mass is 433 g/mol. The molecule has 1 aromatic heterocycles. The average molecular weight is 434 g/mol. The second-order valence-electron chi connectivity index (χ2n) is 6.96. The number of ether oxygens (including phenoxy) is 1. The standard InChI is InChI=1S/C18H22F3N5O2.ClH/c1-28-12-17(5-7-22-8-6-17)11-23-16(27)15-10-26(25-24-15)14-4-2-3-13(9-14)18(19,20)21;/h2-4,9-10,22H,5-8,11-12H2,1H3,(H,23,27);1H. The number of amides is 1. The zero-order valence-electron chi connectivity index (χ0n) is 15.8. The molecule has 11 heteroatoms. The summed E-state index contributed by atoms with van der Waals surface area (Å²) in [5.74, 6) is -0.424. The van der Waals surface area contributed by atoms with Gasteiger partial charge in [-0.3, -0.25) is 4.79 Å². The molecule has 2 heterocycles. The topological polar surface area (TPSA) is 81.1 Å². The maximum Gasteiger partial charge on any atom is 0.416 e. The average Bonchev–Trinajstić information content (AvgIpc) is 3.17. The Morgan fingerprint density at radius 2 is 2.07 bits per heavy atom. The first-order valence-corrected chi connectivity index (χ1v) is 8.91. The van der Waals surface area contributed by atoms with Crippen LogP contribution in [-0.2, 0) is 10.9 Å². The Kier molecular flexibility index (Phi) is 7.61. The van der Waals surface area contributed by atoms with Gasteiger partial charge in [-0.25, -0.2) is 4.68 Å². The quantitative estimate of drug-likeness (QED) is 0.731. The van der Waals surface area contributed by atoms with Crippen molar-refractivity contribution in [2.24, 2.45) is 5.41 Å². The van der Waals surface area contributed by atoms with E-state index in [1.807, 2.05) is 0 Å². The molecule has 1 fully saturated rings. The first kappa shape index (κ1) is 23.1. The maximum absolute atomic E-state index is 12.9. The van der Waals surface area contributed by atoms with Gasteiger partial charge in [-0.2, -0.15) is 13.2 Å². The number of hydrogen-bond acceptors (Lipinski definition) is 5. The molecule has 0 atom stereocenters. The van der Waals surface area contributed by atoms with Crippen molar-refractivity contribution in [2.75, 3.05) is 33.4 Å². The minimum atomic E-state index is -4.46. The van der Waals surface area contributed by atoms with Crippen molar-refractivity contribution in [3.63, 3.8) is 0 Å². The number of aromatic nitrogens is 3. The number of rotatable bonds is 6. The molecule has 2 N–H and O–H groups in total. The summed E-state index contributed by atoms with van der Waals surface area (Å²) in [5, 5.41) is 13.7. The number of piperidine rings is 1. The van der Waals surface area contributed by atoms with E-state index in [9.17, 15) is 18.0 Å². The molecule has 0 saturated carbocycles. The fraction of sp³-hybridized carbons (Fsp3) is 0.500. The second-order valence-corrected chi connectivity index (χ2v) is 6.96. The van der Waals surface area contributed by atoms with Crippen LogP contribution in [0.25, 0.3) is 5.69 Å². The lowest BCUT2D eigenvalue weighted by atomic mass is 9.79. The summed E-state index contributed by atoms with van der Waals surface area (Å²) in [6.45, 7) is 2.67. The van der Waals surface area contributed by atoms with Crippen LogP contribution in [0.1, 0.15) is 28.9 Å². The van der Waals surface area contributed by atoms with Crippen molar-refractivity contribution in [1.29, 1.82) is 0 Å². The number of halogens is 4. The summed E-state index contributed by atoms with van der Waals surface area (Å²) in [6.07, 6.45) is -1.40. The molecule has 1 saturated heterocycles. The molecular weight excluding hydrogens is 411 g/mol. The van der Waals surface area contributed by atoms with E-state index >= 15 is 0 Å². The molecule has 1 aliphatic rings. The third-order valence-corrected chi connectivity index (χ3v) is 4.90. The second kappa shape index (κ2) is 9.55. The minimum Gasteiger partial charge on any atom is -0.384 e. The molecule has 3 rings (SSSR count). The van der Waals surface area contributed by atoms with E-state index < -0.39 is 17.6 Å². The van der Waals surface area contributed by atoms with Gasteiger partial charge in [0.15, 0.2) is 5.69 Å². The van der Waals surface area contributed by atoms with Gasteiger partial charge < -0.3 is 15.4 Å². The summed E-state index contributed by atoms with van der Waals surface area (Å²) in [5.41, 5.74) is -0.722. The third kappa shape index (κ3) is 5.68. The van der Waals surface area contributed by atoms with Crippen LogP contribution in [0.4, 0.5) is 13.2 Å². The van der Waals surface area contributed by atoms with Crippen molar-refractivity contribution in [3.8, 4) is 5.69 Å². The Morgan fingerprint density at radius 1 is 1.34 bits per heavy atom. The van der Waals surface area contributed by atoms with Crippen LogP contribution in [-0.4, -0.2) is 54.3 Å². The number of nitrogens with one attached hydrogen (secondary N) is 2. The minimum absolute atomic E-state index is 0. The highest BCUT2D eigenvalue weighted by Gasteiger charge is 2.33. The lowest BCUT2D eigenvalue weighted by molar-refractivity contribution is -0.137. The van der Waals surface area contributed by atoms with E-state index in [1.165, 1.54) is 18.3 Å². The van der Waals surface area contributed by atoms with Crippen molar-refractivity contribution in [1.82, 2.24) is 25.6 Å². The lowest BCUT2D eigenvalue weighted by Crippen LogP contribution is -2.47. The summed E-state index contributed by atoms with van der Waals surface area (Å²) in [7, 11) is 1.63. The van der Waals surface area contributed by atoms with Crippen molar-refractivity contribution in [2.45, 2.75) is 19.0 Å². The molecule has 0 aliphatic carbocycles. The van der Waals surface area contributed by atoms with Gasteiger partial charge in [0.1, 0.15) is 0 Å². The first-order chi connectivity index (χ1) is 13.3. The maximum atomic E-state index is 12.9. The van der Waals surface area contributed by atoms with Crippen LogP contribution in [0, 0.1) is 5.41 Å². The van der Waals surface area contributed by atoms with Crippen LogP contribution < -0.4 is 10.6 Å². The van der Waals surface area contributed by atoms with Gasteiger partial charge in [-0.1, -0.05) is 11.3 Å². The molecule has 1 aromatic carbocycles. The van der Waals surface area contributed by atoms with Gasteiger partial charge in [0.05, 0.1) is 24.1 Å². The van der Waals surface area contributed by atoms with Crippen LogP contribution >= 0.6 is 12.4 Å². The number of methoxy groups -OCH3 is 1. The van der Waals surface area contributed by atoms with E-state index in [0.29, 0.717) is 13.2 Å². The number of benzene rings is 1. The van der Waals surface area contributed by atoms with E-state index in [4.69, 9.17) is 4.74 Å². The molecule has 7 nitrogen and oxygen atoms in total. The SMILES string of the molecule is COCC1(CNC(=O)c2cn(-c3cccc(C(F)(F)F)c3)nn2)CCNCC1.Cl. The normalized spacial score (nSPS) is 16.1. The van der Waals surface area contributed by atoms with Gasteiger partial charge in [0.2, 0.25) is 0 Å². The Morgan fingerprint density at radius 3 is 2.72 bits per heavy atom. The van der Waals surface area contributed by atoms with Crippen LogP contribution in [0.5, 0.6) is 0 Å². The van der Waals surface area contributed by atoms with Gasteiger partial charge >= 0.3 is 6.18 Å². The van der Waals surface area contributed by atoms with E-state index in [2.05, 4.69) is 20.9 Å². The summed E-state index contributed by atoms with van der Waals surface area (Å²) in [4.78, 5) is 12.4. The van der Waals surface area contributed by atoms with E-state index in [-0.39, 0.29) is 29.2 Å². The predicted octanol–water partition coefficient (Wildman–Crippen LogP) is 2.45. The summed E-state index contributed by atoms with van der Waals surface area (Å²) < 4.78 is 45.1. The van der Waals surface area contributed by atoms with Crippen LogP contribution in [0.15, 0.2) is 30.5 Å². The first-order valence-electron chi connectivity index (χ1n) is 8.91. The molecule has 0 spiro atoms. The number of carbonyl (C=O) groups is 1. The molecule has 0 unspecified atom stereocenters. The van der Waals surface area contributed by atoms with Crippen molar-refractivity contribution < 1.29 is 22.7 Å². The summed E-state index contributed by atoms with van der Waals surface area (Å²) in [6, 6.07) is 4.68. The number of nitrogens with zero attached hydrogens (tertiary/aromatic N) is 3. The molecule has 2 aromatic rings. The highest BCUT2D eigenvalue weighted by Crippen LogP contribution is 2.30. The Balaban J connectivity index is 0.00000300. The summed E-state index contributed by atoms with van der Waals surface area (Å²) >= 11 is 0. The third-order valence-electron chi connectivity index (χ3n) is 4.90. The van der Waals surface area contributed by atoms with E-state index in [1.54, 1.807) is 7.11 Å². The van der Waals surface area contributed by atoms with Crippen molar-refractivity contribution in [3.05, 3.63) is 41.7 Å². The highest BCUT2D eigenvalue weighted by molar-refractivity contribution is 5.91. The molecule has 1 aliphatic heterocycles. The van der Waals surface area contributed by atoms with Crippen molar-refractivity contribution >= 4 is 18.3 Å². The van der Waals surface area contributed by atoms with Gasteiger partial charge in [0.25, 0.3) is 5.91 Å². The van der Waals surface area contributed by atoms with Crippen LogP contribution in [0.2, 0.25) is 0 Å². The number of carbonyl (C=O) groups excluding carboxylic acids is 1. The highest BCUT2D eigenvalue weighted by atomic mass is 35.5. The van der Waals surface area contributed by atoms with Gasteiger partial charge in [-0.15, -0.1) is 17.5 Å². The lowest BCUT2D eigenvalue weighted by Gasteiger charge is -2.37. The number of alkyl halides is 3. The Bertz CT molecular complexity index is 816. The van der Waals surface area contributed by atoms with E-state index in [0.717, 1.165) is 42.7 Å². The molecule has 0 bridgehead atoms. The molecular formula is C18H23ClF3N5O2. The predicted molar refractivity (Wildman–Crippen MR) is 102 cm³/mol. The molecule has 160 valence electrons. The Hall–Kier alpha value is -2.17. The zero-order chi connectivity index (χ0) is 20.2. The smallest absolute Gasteiger partial charge is 0.384 e. The number of hydrogen-bond donors (Lipinski definition) is 2. The fourth-order valence-corrected chi connectivity index (χ4v) is 3.31. The fourth-order valence-electron chi connectivity index (χ4n) is 3.31. The molecule has 1 amide bonds. The van der Waals surface area contributed by atoms with Gasteiger partial charge in [-0.05, 0) is 44.1 Å². The Labute approximate surface area is 172 Å². The molecule has 29 heavy (non-hydrogen) atoms. The molecule has 0 radical (unpaired) electrons. The van der Waals surface area contributed by atoms with Gasteiger partial charge in [0, 0.05) is 19.1 Å². The largest absolute Gasteiger partial charge is 0.416 e.